The van der Waals surface area contributed by atoms with Gasteiger partial charge in [0.2, 0.25) is 5.91 Å². The largest absolute Gasteiger partial charge is 0.382 e. The maximum atomic E-state index is 11.9. The first-order valence-electron chi connectivity index (χ1n) is 9.47. The fraction of sp³-hybridized carbons (Fsp3) is 0.300. The van der Waals surface area contributed by atoms with Crippen molar-refractivity contribution in [3.05, 3.63) is 36.3 Å². The first-order chi connectivity index (χ1) is 13.6. The minimum Gasteiger partial charge on any atom is -0.382 e. The quantitative estimate of drug-likeness (QED) is 0.478. The molecule has 8 heteroatoms. The van der Waals surface area contributed by atoms with Crippen LogP contribution in [0.3, 0.4) is 0 Å². The molecule has 3 heterocycles. The van der Waals surface area contributed by atoms with Crippen LogP contribution in [0.4, 0.5) is 5.82 Å². The maximum absolute atomic E-state index is 11.9. The molecule has 0 spiro atoms. The van der Waals surface area contributed by atoms with Crippen LogP contribution in [0.1, 0.15) is 32.5 Å². The van der Waals surface area contributed by atoms with Gasteiger partial charge in [0.05, 0.1) is 23.3 Å². The topological polar surface area (TPSA) is 115 Å². The third-order valence-electron chi connectivity index (χ3n) is 4.83. The number of H-pyrrole nitrogens is 1. The Kier molecular flexibility index (Phi) is 4.68. The molecule has 1 aromatic carbocycles. The smallest absolute Gasteiger partial charge is 0.220 e. The number of pyridine rings is 1. The van der Waals surface area contributed by atoms with Crippen LogP contribution < -0.4 is 11.1 Å². The summed E-state index contributed by atoms with van der Waals surface area (Å²) >= 11 is 0. The Morgan fingerprint density at radius 3 is 2.82 bits per heavy atom. The van der Waals surface area contributed by atoms with E-state index in [0.717, 1.165) is 46.5 Å². The molecule has 0 aliphatic rings. The lowest BCUT2D eigenvalue weighted by atomic mass is 10.1. The number of amides is 1. The molecule has 28 heavy (non-hydrogen) atoms. The summed E-state index contributed by atoms with van der Waals surface area (Å²) in [6.45, 7) is 5.13. The highest BCUT2D eigenvalue weighted by Crippen LogP contribution is 2.31. The monoisotopic (exact) mass is 377 g/mol. The molecular formula is C20H23N7O. The highest BCUT2D eigenvalue weighted by atomic mass is 16.1. The minimum atomic E-state index is 0.0253. The van der Waals surface area contributed by atoms with E-state index in [9.17, 15) is 4.79 Å². The number of benzene rings is 1. The summed E-state index contributed by atoms with van der Waals surface area (Å²) in [4.78, 5) is 21.1. The molecule has 8 nitrogen and oxygen atoms in total. The lowest BCUT2D eigenvalue weighted by Gasteiger charge is -2.09. The van der Waals surface area contributed by atoms with Gasteiger partial charge in [-0.3, -0.25) is 9.89 Å². The number of hydrogen-bond acceptors (Lipinski definition) is 5. The van der Waals surface area contributed by atoms with Crippen molar-refractivity contribution in [2.24, 2.45) is 0 Å². The van der Waals surface area contributed by atoms with Gasteiger partial charge in [-0.05, 0) is 31.5 Å². The van der Waals surface area contributed by atoms with Crippen LogP contribution in [0.2, 0.25) is 0 Å². The Bertz CT molecular complexity index is 1140. The number of aromatic amines is 1. The fourth-order valence-corrected chi connectivity index (χ4v) is 3.51. The van der Waals surface area contributed by atoms with E-state index < -0.39 is 0 Å². The molecule has 0 atom stereocenters. The van der Waals surface area contributed by atoms with Crippen LogP contribution >= 0.6 is 0 Å². The molecule has 0 saturated carbocycles. The summed E-state index contributed by atoms with van der Waals surface area (Å²) in [7, 11) is 0. The van der Waals surface area contributed by atoms with E-state index in [1.54, 1.807) is 6.20 Å². The lowest BCUT2D eigenvalue weighted by Crippen LogP contribution is -2.24. The van der Waals surface area contributed by atoms with Crippen molar-refractivity contribution < 1.29 is 4.79 Å². The van der Waals surface area contributed by atoms with Crippen LogP contribution in [-0.2, 0) is 17.9 Å². The lowest BCUT2D eigenvalue weighted by molar-refractivity contribution is -0.121. The zero-order valence-electron chi connectivity index (χ0n) is 16.0. The van der Waals surface area contributed by atoms with Crippen molar-refractivity contribution in [3.63, 3.8) is 0 Å². The molecule has 0 unspecified atom stereocenters. The van der Waals surface area contributed by atoms with E-state index >= 15 is 0 Å². The molecule has 4 N–H and O–H groups in total. The van der Waals surface area contributed by atoms with E-state index in [2.05, 4.69) is 37.0 Å². The Morgan fingerprint density at radius 2 is 2.11 bits per heavy atom. The van der Waals surface area contributed by atoms with Crippen molar-refractivity contribution >= 4 is 33.7 Å². The number of hydrogen-bond donors (Lipinski definition) is 3. The predicted molar refractivity (Wildman–Crippen MR) is 109 cm³/mol. The van der Waals surface area contributed by atoms with Gasteiger partial charge in [-0.1, -0.05) is 13.0 Å². The molecule has 0 fully saturated rings. The molecule has 4 rings (SSSR count). The third-order valence-corrected chi connectivity index (χ3v) is 4.83. The van der Waals surface area contributed by atoms with Crippen LogP contribution in [-0.4, -0.2) is 30.6 Å². The van der Waals surface area contributed by atoms with Crippen LogP contribution in [0.25, 0.3) is 33.2 Å². The number of imidazole rings is 1. The molecule has 1 amide bonds. The number of nitrogen functional groups attached to an aromatic ring is 1. The minimum absolute atomic E-state index is 0.0253. The van der Waals surface area contributed by atoms with E-state index in [1.165, 1.54) is 0 Å². The Hall–Kier alpha value is -3.42. The number of fused-ring (bicyclic) bond motifs is 3. The van der Waals surface area contributed by atoms with Gasteiger partial charge in [0.25, 0.3) is 0 Å². The van der Waals surface area contributed by atoms with Crippen LogP contribution in [0, 0.1) is 0 Å². The van der Waals surface area contributed by atoms with Gasteiger partial charge in [-0.15, -0.1) is 0 Å². The first-order valence-corrected chi connectivity index (χ1v) is 9.47. The zero-order valence-corrected chi connectivity index (χ0v) is 16.0. The van der Waals surface area contributed by atoms with E-state index in [1.807, 2.05) is 31.2 Å². The number of nitrogens with one attached hydrogen (secondary N) is 2. The summed E-state index contributed by atoms with van der Waals surface area (Å²) in [5, 5.41) is 10.9. The second kappa shape index (κ2) is 7.30. The Morgan fingerprint density at radius 1 is 1.25 bits per heavy atom. The van der Waals surface area contributed by atoms with Crippen molar-refractivity contribution in [1.82, 2.24) is 30.0 Å². The normalized spacial score (nSPS) is 11.4. The standard InChI is InChI=1S/C20H23N7O/c1-3-5-17(28)22-11-16-25-18-19(27(16)4-2)13-7-6-12(14-8-9-23-26-14)10-15(13)24-20(18)21/h6-10H,3-5,11H2,1-2H3,(H2,21,24)(H,22,28)(H,23,26). The third kappa shape index (κ3) is 3.06. The van der Waals surface area contributed by atoms with Crippen LogP contribution in [0.5, 0.6) is 0 Å². The van der Waals surface area contributed by atoms with Gasteiger partial charge in [0.1, 0.15) is 11.3 Å². The van der Waals surface area contributed by atoms with E-state index in [4.69, 9.17) is 5.73 Å². The fourth-order valence-electron chi connectivity index (χ4n) is 3.51. The molecule has 0 aliphatic carbocycles. The average molecular weight is 377 g/mol. The van der Waals surface area contributed by atoms with E-state index in [0.29, 0.717) is 24.3 Å². The summed E-state index contributed by atoms with van der Waals surface area (Å²) in [5.74, 6) is 1.19. The molecule has 0 radical (unpaired) electrons. The number of nitrogens with zero attached hydrogens (tertiary/aromatic N) is 4. The van der Waals surface area contributed by atoms with Gasteiger partial charge >= 0.3 is 0 Å². The maximum Gasteiger partial charge on any atom is 0.220 e. The van der Waals surface area contributed by atoms with E-state index in [-0.39, 0.29) is 5.91 Å². The number of aryl methyl sites for hydroxylation is 1. The van der Waals surface area contributed by atoms with Crippen molar-refractivity contribution in [3.8, 4) is 11.3 Å². The average Bonchev–Trinajstić information content (AvgIpc) is 3.34. The Labute approximate surface area is 162 Å². The second-order valence-corrected chi connectivity index (χ2v) is 6.70. The van der Waals surface area contributed by atoms with Gasteiger partial charge in [0, 0.05) is 30.1 Å². The highest BCUT2D eigenvalue weighted by molar-refractivity contribution is 6.07. The molecule has 4 aromatic rings. The number of nitrogens with two attached hydrogens (primary N) is 1. The zero-order chi connectivity index (χ0) is 19.7. The Balaban J connectivity index is 1.83. The predicted octanol–water partition coefficient (Wildman–Crippen LogP) is 2.99. The summed E-state index contributed by atoms with van der Waals surface area (Å²) in [5.41, 5.74) is 10.6. The second-order valence-electron chi connectivity index (χ2n) is 6.70. The number of carbonyl (C=O) groups is 1. The highest BCUT2D eigenvalue weighted by Gasteiger charge is 2.17. The van der Waals surface area contributed by atoms with Crippen molar-refractivity contribution in [1.29, 1.82) is 0 Å². The van der Waals surface area contributed by atoms with Gasteiger partial charge in [-0.25, -0.2) is 9.97 Å². The molecule has 144 valence electrons. The van der Waals surface area contributed by atoms with Gasteiger partial charge in [0.15, 0.2) is 5.82 Å². The number of anilines is 1. The molecule has 0 bridgehead atoms. The summed E-state index contributed by atoms with van der Waals surface area (Å²) in [6.07, 6.45) is 3.04. The SMILES string of the molecule is CCCC(=O)NCc1nc2c(N)nc3cc(-c4ccn[nH]4)ccc3c2n1CC. The van der Waals surface area contributed by atoms with Gasteiger partial charge in [-0.2, -0.15) is 5.10 Å². The number of carbonyl (C=O) groups excluding carboxylic acids is 1. The molecule has 0 saturated heterocycles. The van der Waals surface area contributed by atoms with Gasteiger partial charge < -0.3 is 15.6 Å². The molecule has 0 aliphatic heterocycles. The summed E-state index contributed by atoms with van der Waals surface area (Å²) < 4.78 is 2.10. The summed E-state index contributed by atoms with van der Waals surface area (Å²) in [6, 6.07) is 7.97. The number of rotatable bonds is 6. The molecular weight excluding hydrogens is 354 g/mol. The number of aromatic nitrogens is 5. The first kappa shape index (κ1) is 18.0. The van der Waals surface area contributed by atoms with Crippen LogP contribution in [0.15, 0.2) is 30.5 Å². The van der Waals surface area contributed by atoms with Crippen molar-refractivity contribution in [2.45, 2.75) is 39.8 Å². The van der Waals surface area contributed by atoms with Crippen molar-refractivity contribution in [2.75, 3.05) is 5.73 Å². The molecule has 3 aromatic heterocycles.